The summed E-state index contributed by atoms with van der Waals surface area (Å²) in [5.41, 5.74) is 5.66. The van der Waals surface area contributed by atoms with E-state index in [1.807, 2.05) is 36.4 Å². The number of nitrogens with zero attached hydrogens (tertiary/aromatic N) is 2. The number of hydrazone groups is 1. The summed E-state index contributed by atoms with van der Waals surface area (Å²) >= 11 is 1.52. The summed E-state index contributed by atoms with van der Waals surface area (Å²) in [6, 6.07) is 15.9. The molecule has 1 heterocycles. The number of thiazole rings is 1. The molecular weight excluding hydrogens is 320 g/mol. The average molecular weight is 338 g/mol. The Hall–Kier alpha value is -2.73. The Bertz CT molecular complexity index is 822. The third-order valence-electron chi connectivity index (χ3n) is 3.48. The van der Waals surface area contributed by atoms with E-state index in [1.54, 1.807) is 6.21 Å². The molecule has 1 aromatic heterocycles. The van der Waals surface area contributed by atoms with Crippen LogP contribution in [0.2, 0.25) is 0 Å². The Kier molecular flexibility index (Phi) is 5.18. The first-order valence-electron chi connectivity index (χ1n) is 7.75. The third kappa shape index (κ3) is 4.17. The molecule has 0 aliphatic heterocycles. The van der Waals surface area contributed by atoms with Crippen LogP contribution in [0.1, 0.15) is 18.1 Å². The lowest BCUT2D eigenvalue weighted by Gasteiger charge is -2.01. The molecule has 0 spiro atoms. The number of rotatable bonds is 6. The van der Waals surface area contributed by atoms with Crippen molar-refractivity contribution in [3.8, 4) is 0 Å². The quantitative estimate of drug-likeness (QED) is 0.534. The van der Waals surface area contributed by atoms with Gasteiger partial charge in [0.2, 0.25) is 0 Å². The molecule has 0 saturated heterocycles. The van der Waals surface area contributed by atoms with Crippen molar-refractivity contribution in [2.75, 3.05) is 11.9 Å². The van der Waals surface area contributed by atoms with Gasteiger partial charge in [-0.15, -0.1) is 0 Å². The van der Waals surface area contributed by atoms with Crippen LogP contribution in [-0.4, -0.2) is 23.7 Å². The van der Waals surface area contributed by atoms with Crippen molar-refractivity contribution >= 4 is 38.8 Å². The predicted octanol–water partition coefficient (Wildman–Crippen LogP) is 3.42. The van der Waals surface area contributed by atoms with Gasteiger partial charge in [0, 0.05) is 0 Å². The van der Waals surface area contributed by atoms with Crippen LogP contribution in [-0.2, 0) is 11.2 Å². The molecule has 0 unspecified atom stereocenters. The Morgan fingerprint density at radius 3 is 2.75 bits per heavy atom. The van der Waals surface area contributed by atoms with E-state index in [9.17, 15) is 4.79 Å². The van der Waals surface area contributed by atoms with Crippen molar-refractivity contribution in [1.29, 1.82) is 0 Å². The molecule has 2 N–H and O–H groups in total. The number of carbonyl (C=O) groups is 1. The monoisotopic (exact) mass is 338 g/mol. The number of anilines is 1. The van der Waals surface area contributed by atoms with Crippen molar-refractivity contribution in [2.24, 2.45) is 5.10 Å². The molecule has 0 saturated carbocycles. The van der Waals surface area contributed by atoms with Crippen LogP contribution in [0.5, 0.6) is 0 Å². The van der Waals surface area contributed by atoms with Crippen molar-refractivity contribution in [3.63, 3.8) is 0 Å². The van der Waals surface area contributed by atoms with Crippen LogP contribution in [0.4, 0.5) is 5.13 Å². The van der Waals surface area contributed by atoms with Crippen LogP contribution in [0.15, 0.2) is 53.6 Å². The summed E-state index contributed by atoms with van der Waals surface area (Å²) in [6.07, 6.45) is 2.64. The maximum absolute atomic E-state index is 11.8. The summed E-state index contributed by atoms with van der Waals surface area (Å²) in [4.78, 5) is 16.2. The molecule has 0 aliphatic rings. The standard InChI is InChI=1S/C18H18N4OS/c1-2-13-7-9-14(10-8-13)11-20-22-17(23)12-19-18-21-15-5-3-4-6-16(15)24-18/h3-11H,2,12H2,1H3,(H,19,21)(H,22,23)/b20-11-. The highest BCUT2D eigenvalue weighted by Gasteiger charge is 2.04. The van der Waals surface area contributed by atoms with Crippen molar-refractivity contribution < 1.29 is 4.79 Å². The van der Waals surface area contributed by atoms with E-state index < -0.39 is 0 Å². The topological polar surface area (TPSA) is 66.4 Å². The highest BCUT2D eigenvalue weighted by atomic mass is 32.1. The molecule has 0 atom stereocenters. The summed E-state index contributed by atoms with van der Waals surface area (Å²) in [6.45, 7) is 2.24. The molecule has 5 nitrogen and oxygen atoms in total. The third-order valence-corrected chi connectivity index (χ3v) is 4.48. The largest absolute Gasteiger partial charge is 0.352 e. The molecule has 3 aromatic rings. The average Bonchev–Trinajstić information content (AvgIpc) is 3.03. The molecule has 0 radical (unpaired) electrons. The normalized spacial score (nSPS) is 11.0. The zero-order chi connectivity index (χ0) is 16.8. The maximum atomic E-state index is 11.8. The second kappa shape index (κ2) is 7.70. The van der Waals surface area contributed by atoms with Gasteiger partial charge in [0.15, 0.2) is 5.13 Å². The molecule has 122 valence electrons. The van der Waals surface area contributed by atoms with E-state index in [1.165, 1.54) is 16.9 Å². The first kappa shape index (κ1) is 16.1. The Morgan fingerprint density at radius 1 is 1.21 bits per heavy atom. The fourth-order valence-electron chi connectivity index (χ4n) is 2.16. The van der Waals surface area contributed by atoms with Crippen LogP contribution in [0.25, 0.3) is 10.2 Å². The smallest absolute Gasteiger partial charge is 0.259 e. The lowest BCUT2D eigenvalue weighted by Crippen LogP contribution is -2.25. The van der Waals surface area contributed by atoms with Gasteiger partial charge in [-0.1, -0.05) is 54.7 Å². The van der Waals surface area contributed by atoms with E-state index >= 15 is 0 Å². The Labute approximate surface area is 144 Å². The zero-order valence-corrected chi connectivity index (χ0v) is 14.1. The van der Waals surface area contributed by atoms with E-state index in [0.717, 1.165) is 27.3 Å². The predicted molar refractivity (Wildman–Crippen MR) is 99.7 cm³/mol. The molecule has 1 amide bonds. The first-order chi connectivity index (χ1) is 11.7. The zero-order valence-electron chi connectivity index (χ0n) is 13.3. The second-order valence-corrected chi connectivity index (χ2v) is 6.26. The van der Waals surface area contributed by atoms with Crippen LogP contribution in [0.3, 0.4) is 0 Å². The number of aryl methyl sites for hydroxylation is 1. The van der Waals surface area contributed by atoms with Crippen LogP contribution >= 0.6 is 11.3 Å². The second-order valence-electron chi connectivity index (χ2n) is 5.23. The van der Waals surface area contributed by atoms with E-state index in [-0.39, 0.29) is 12.5 Å². The van der Waals surface area contributed by atoms with Gasteiger partial charge in [-0.05, 0) is 29.7 Å². The first-order valence-corrected chi connectivity index (χ1v) is 8.56. The number of aromatic nitrogens is 1. The van der Waals surface area contributed by atoms with E-state index in [2.05, 4.69) is 39.9 Å². The van der Waals surface area contributed by atoms with Crippen molar-refractivity contribution in [3.05, 3.63) is 59.7 Å². The number of amides is 1. The number of benzene rings is 2. The van der Waals surface area contributed by atoms with Gasteiger partial charge in [-0.25, -0.2) is 10.4 Å². The number of hydrogen-bond donors (Lipinski definition) is 2. The lowest BCUT2D eigenvalue weighted by atomic mass is 10.1. The van der Waals surface area contributed by atoms with Gasteiger partial charge < -0.3 is 5.32 Å². The molecule has 24 heavy (non-hydrogen) atoms. The minimum atomic E-state index is -0.212. The van der Waals surface area contributed by atoms with E-state index in [0.29, 0.717) is 0 Å². The number of para-hydroxylation sites is 1. The molecule has 2 aromatic carbocycles. The van der Waals surface area contributed by atoms with E-state index in [4.69, 9.17) is 0 Å². The van der Waals surface area contributed by atoms with Gasteiger partial charge in [0.25, 0.3) is 5.91 Å². The SMILES string of the molecule is CCc1ccc(/C=N\NC(=O)CNc2nc3ccccc3s2)cc1. The van der Waals surface area contributed by atoms with Gasteiger partial charge in [-0.2, -0.15) is 5.10 Å². The minimum absolute atomic E-state index is 0.131. The van der Waals surface area contributed by atoms with Gasteiger partial charge >= 0.3 is 0 Å². The summed E-state index contributed by atoms with van der Waals surface area (Å²) in [5.74, 6) is -0.212. The molecule has 0 fully saturated rings. The summed E-state index contributed by atoms with van der Waals surface area (Å²) in [5, 5.41) is 7.72. The van der Waals surface area contributed by atoms with Crippen LogP contribution in [0, 0.1) is 0 Å². The van der Waals surface area contributed by atoms with Gasteiger partial charge in [0.05, 0.1) is 23.0 Å². The number of carbonyl (C=O) groups excluding carboxylic acids is 1. The molecule has 0 aliphatic carbocycles. The molecule has 6 heteroatoms. The van der Waals surface area contributed by atoms with Crippen molar-refractivity contribution in [2.45, 2.75) is 13.3 Å². The summed E-state index contributed by atoms with van der Waals surface area (Å²) < 4.78 is 1.09. The maximum Gasteiger partial charge on any atom is 0.259 e. The Morgan fingerprint density at radius 2 is 2.00 bits per heavy atom. The lowest BCUT2D eigenvalue weighted by molar-refractivity contribution is -0.119. The molecular formula is C18H18N4OS. The van der Waals surface area contributed by atoms with Crippen molar-refractivity contribution in [1.82, 2.24) is 10.4 Å². The fourth-order valence-corrected chi connectivity index (χ4v) is 3.02. The Balaban J connectivity index is 1.49. The molecule has 3 rings (SSSR count). The highest BCUT2D eigenvalue weighted by Crippen LogP contribution is 2.24. The van der Waals surface area contributed by atoms with Gasteiger partial charge in [-0.3, -0.25) is 4.79 Å². The minimum Gasteiger partial charge on any atom is -0.352 e. The molecule has 0 bridgehead atoms. The van der Waals surface area contributed by atoms with Gasteiger partial charge in [0.1, 0.15) is 0 Å². The summed E-state index contributed by atoms with van der Waals surface area (Å²) in [7, 11) is 0. The number of hydrogen-bond acceptors (Lipinski definition) is 5. The number of nitrogens with one attached hydrogen (secondary N) is 2. The van der Waals surface area contributed by atoms with Crippen LogP contribution < -0.4 is 10.7 Å². The number of fused-ring (bicyclic) bond motifs is 1. The highest BCUT2D eigenvalue weighted by molar-refractivity contribution is 7.22. The fraction of sp³-hybridized carbons (Fsp3) is 0.167.